The van der Waals surface area contributed by atoms with Crippen molar-refractivity contribution in [1.29, 1.82) is 0 Å². The molecular weight excluding hydrogens is 340 g/mol. The standard InChI is InChI=1S/C22H18N2O3/c25-19-13-11-16(12-14-19)15-20(21(26)23-17-7-3-1-4-8-17)22(27)24-18-9-5-2-6-10-18/h1-15,25H,(H,23,26)(H,24,27). The average molecular weight is 358 g/mol. The van der Waals surface area contributed by atoms with Crippen LogP contribution in [-0.2, 0) is 9.59 Å². The molecule has 0 radical (unpaired) electrons. The van der Waals surface area contributed by atoms with E-state index in [0.717, 1.165) is 0 Å². The monoisotopic (exact) mass is 358 g/mol. The van der Waals surface area contributed by atoms with Crippen molar-refractivity contribution < 1.29 is 14.7 Å². The summed E-state index contributed by atoms with van der Waals surface area (Å²) in [5.74, 6) is -0.943. The smallest absolute Gasteiger partial charge is 0.261 e. The number of anilines is 2. The third kappa shape index (κ3) is 5.06. The molecule has 0 atom stereocenters. The number of phenols is 1. The third-order valence-corrected chi connectivity index (χ3v) is 3.76. The number of nitrogens with one attached hydrogen (secondary N) is 2. The molecule has 0 fully saturated rings. The molecule has 3 aromatic rings. The summed E-state index contributed by atoms with van der Waals surface area (Å²) >= 11 is 0. The van der Waals surface area contributed by atoms with E-state index < -0.39 is 11.8 Å². The van der Waals surface area contributed by atoms with Crippen LogP contribution in [0, 0.1) is 0 Å². The second-order valence-corrected chi connectivity index (χ2v) is 5.79. The van der Waals surface area contributed by atoms with Gasteiger partial charge in [0.1, 0.15) is 11.3 Å². The van der Waals surface area contributed by atoms with Crippen molar-refractivity contribution in [1.82, 2.24) is 0 Å². The van der Waals surface area contributed by atoms with Gasteiger partial charge in [0.15, 0.2) is 0 Å². The number of hydrogen-bond donors (Lipinski definition) is 3. The highest BCUT2D eigenvalue weighted by Gasteiger charge is 2.19. The molecule has 0 aliphatic carbocycles. The summed E-state index contributed by atoms with van der Waals surface area (Å²) in [5, 5.41) is 14.9. The van der Waals surface area contributed by atoms with Crippen LogP contribution in [0.25, 0.3) is 6.08 Å². The molecule has 0 unspecified atom stereocenters. The lowest BCUT2D eigenvalue weighted by Gasteiger charge is -2.10. The van der Waals surface area contributed by atoms with E-state index in [4.69, 9.17) is 0 Å². The first-order chi connectivity index (χ1) is 13.1. The molecule has 0 heterocycles. The highest BCUT2D eigenvalue weighted by atomic mass is 16.3. The van der Waals surface area contributed by atoms with Crippen molar-refractivity contribution >= 4 is 29.3 Å². The van der Waals surface area contributed by atoms with Gasteiger partial charge < -0.3 is 15.7 Å². The fraction of sp³-hybridized carbons (Fsp3) is 0. The minimum atomic E-state index is -0.525. The molecule has 2 amide bonds. The van der Waals surface area contributed by atoms with Gasteiger partial charge in [0.05, 0.1) is 0 Å². The summed E-state index contributed by atoms with van der Waals surface area (Å²) in [6.45, 7) is 0. The lowest BCUT2D eigenvalue weighted by Crippen LogP contribution is -2.25. The summed E-state index contributed by atoms with van der Waals surface area (Å²) in [6, 6.07) is 24.1. The number of carbonyl (C=O) groups excluding carboxylic acids is 2. The van der Waals surface area contributed by atoms with E-state index in [-0.39, 0.29) is 11.3 Å². The van der Waals surface area contributed by atoms with Gasteiger partial charge in [0, 0.05) is 11.4 Å². The highest BCUT2D eigenvalue weighted by Crippen LogP contribution is 2.16. The number of rotatable bonds is 5. The molecule has 134 valence electrons. The minimum Gasteiger partial charge on any atom is -0.508 e. The molecule has 0 aliphatic rings. The molecule has 0 spiro atoms. The molecule has 0 saturated heterocycles. The van der Waals surface area contributed by atoms with E-state index in [1.54, 1.807) is 60.7 Å². The zero-order chi connectivity index (χ0) is 19.1. The van der Waals surface area contributed by atoms with Crippen LogP contribution in [-0.4, -0.2) is 16.9 Å². The van der Waals surface area contributed by atoms with Crippen molar-refractivity contribution in [2.24, 2.45) is 0 Å². The largest absolute Gasteiger partial charge is 0.508 e. The Morgan fingerprint density at radius 2 is 1.11 bits per heavy atom. The fourth-order valence-electron chi connectivity index (χ4n) is 2.41. The Morgan fingerprint density at radius 3 is 1.56 bits per heavy atom. The normalized spacial score (nSPS) is 9.93. The Hall–Kier alpha value is -3.86. The van der Waals surface area contributed by atoms with Gasteiger partial charge in [0.25, 0.3) is 11.8 Å². The Bertz CT molecular complexity index is 894. The maximum Gasteiger partial charge on any atom is 0.261 e. The molecular formula is C22H18N2O3. The molecule has 0 aliphatic heterocycles. The number of amides is 2. The maximum atomic E-state index is 12.7. The van der Waals surface area contributed by atoms with Crippen molar-refractivity contribution in [2.45, 2.75) is 0 Å². The molecule has 0 bridgehead atoms. The van der Waals surface area contributed by atoms with Crippen LogP contribution < -0.4 is 10.6 Å². The number of para-hydroxylation sites is 2. The van der Waals surface area contributed by atoms with E-state index >= 15 is 0 Å². The zero-order valence-electron chi connectivity index (χ0n) is 14.4. The van der Waals surface area contributed by atoms with Crippen molar-refractivity contribution in [2.75, 3.05) is 10.6 Å². The third-order valence-electron chi connectivity index (χ3n) is 3.76. The van der Waals surface area contributed by atoms with E-state index in [1.165, 1.54) is 18.2 Å². The second-order valence-electron chi connectivity index (χ2n) is 5.79. The second kappa shape index (κ2) is 8.49. The average Bonchev–Trinajstić information content (AvgIpc) is 2.69. The van der Waals surface area contributed by atoms with Crippen LogP contribution in [0.1, 0.15) is 5.56 Å². The SMILES string of the molecule is O=C(Nc1ccccc1)C(=Cc1ccc(O)cc1)C(=O)Nc1ccccc1. The van der Waals surface area contributed by atoms with E-state index in [9.17, 15) is 14.7 Å². The number of aromatic hydroxyl groups is 1. The Labute approximate surface area is 157 Å². The molecule has 5 nitrogen and oxygen atoms in total. The molecule has 3 rings (SSSR count). The summed E-state index contributed by atoms with van der Waals surface area (Å²) in [5.41, 5.74) is 1.75. The van der Waals surface area contributed by atoms with Crippen LogP contribution in [0.15, 0.2) is 90.5 Å². The van der Waals surface area contributed by atoms with Crippen LogP contribution in [0.3, 0.4) is 0 Å². The van der Waals surface area contributed by atoms with Gasteiger partial charge in [-0.25, -0.2) is 0 Å². The molecule has 3 N–H and O–H groups in total. The number of phenolic OH excluding ortho intramolecular Hbond substituents is 1. The van der Waals surface area contributed by atoms with Gasteiger partial charge in [-0.2, -0.15) is 0 Å². The molecule has 3 aromatic carbocycles. The molecule has 0 saturated carbocycles. The number of carbonyl (C=O) groups is 2. The first-order valence-corrected chi connectivity index (χ1v) is 8.35. The first-order valence-electron chi connectivity index (χ1n) is 8.35. The Balaban J connectivity index is 1.89. The fourth-order valence-corrected chi connectivity index (χ4v) is 2.41. The van der Waals surface area contributed by atoms with Gasteiger partial charge in [-0.15, -0.1) is 0 Å². The van der Waals surface area contributed by atoms with E-state index in [1.807, 2.05) is 12.1 Å². The van der Waals surface area contributed by atoms with Crippen LogP contribution in [0.5, 0.6) is 5.75 Å². The minimum absolute atomic E-state index is 0.0478. The summed E-state index contributed by atoms with van der Waals surface area (Å²) in [4.78, 5) is 25.5. The summed E-state index contributed by atoms with van der Waals surface area (Å²) < 4.78 is 0. The van der Waals surface area contributed by atoms with Crippen LogP contribution in [0.2, 0.25) is 0 Å². The first kappa shape index (κ1) is 17.9. The Morgan fingerprint density at radius 1 is 0.667 bits per heavy atom. The van der Waals surface area contributed by atoms with Gasteiger partial charge in [-0.1, -0.05) is 48.5 Å². The zero-order valence-corrected chi connectivity index (χ0v) is 14.4. The predicted octanol–water partition coefficient (Wildman–Crippen LogP) is 4.05. The number of hydrogen-bond acceptors (Lipinski definition) is 3. The van der Waals surface area contributed by atoms with Gasteiger partial charge in [-0.3, -0.25) is 9.59 Å². The Kier molecular flexibility index (Phi) is 5.64. The van der Waals surface area contributed by atoms with Gasteiger partial charge >= 0.3 is 0 Å². The lowest BCUT2D eigenvalue weighted by atomic mass is 10.1. The molecule has 0 aromatic heterocycles. The predicted molar refractivity (Wildman–Crippen MR) is 106 cm³/mol. The van der Waals surface area contributed by atoms with Gasteiger partial charge in [0.2, 0.25) is 0 Å². The van der Waals surface area contributed by atoms with Crippen molar-refractivity contribution in [3.63, 3.8) is 0 Å². The van der Waals surface area contributed by atoms with Crippen molar-refractivity contribution in [3.8, 4) is 5.75 Å². The maximum absolute atomic E-state index is 12.7. The molecule has 5 heteroatoms. The summed E-state index contributed by atoms with van der Waals surface area (Å²) in [6.07, 6.45) is 1.48. The van der Waals surface area contributed by atoms with E-state index in [2.05, 4.69) is 10.6 Å². The quantitative estimate of drug-likeness (QED) is 0.366. The lowest BCUT2D eigenvalue weighted by molar-refractivity contribution is -0.118. The van der Waals surface area contributed by atoms with Crippen molar-refractivity contribution in [3.05, 3.63) is 96.1 Å². The molecule has 27 heavy (non-hydrogen) atoms. The topological polar surface area (TPSA) is 78.4 Å². The van der Waals surface area contributed by atoms with E-state index in [0.29, 0.717) is 16.9 Å². The van der Waals surface area contributed by atoms with Crippen LogP contribution in [0.4, 0.5) is 11.4 Å². The highest BCUT2D eigenvalue weighted by molar-refractivity contribution is 6.28. The van der Waals surface area contributed by atoms with Gasteiger partial charge in [-0.05, 0) is 48.0 Å². The summed E-state index contributed by atoms with van der Waals surface area (Å²) in [7, 11) is 0. The number of benzene rings is 3. The van der Waals surface area contributed by atoms with Crippen LogP contribution >= 0.6 is 0 Å².